The summed E-state index contributed by atoms with van der Waals surface area (Å²) >= 11 is 0. The molecule has 148 valence electrons. The first-order valence-corrected chi connectivity index (χ1v) is 9.38. The molecule has 2 N–H and O–H groups in total. The van der Waals surface area contributed by atoms with Gasteiger partial charge in [-0.1, -0.05) is 13.0 Å². The Bertz CT molecular complexity index is 1110. The van der Waals surface area contributed by atoms with E-state index in [-0.39, 0.29) is 5.56 Å². The van der Waals surface area contributed by atoms with Gasteiger partial charge in [0.25, 0.3) is 5.56 Å². The molecule has 0 unspecified atom stereocenters. The monoisotopic (exact) mass is 390 g/mol. The Morgan fingerprint density at radius 2 is 2.03 bits per heavy atom. The van der Waals surface area contributed by atoms with Gasteiger partial charge in [-0.25, -0.2) is 9.98 Å². The molecular formula is C21H22N6O2. The van der Waals surface area contributed by atoms with E-state index in [0.29, 0.717) is 29.6 Å². The summed E-state index contributed by atoms with van der Waals surface area (Å²) in [4.78, 5) is 26.7. The molecule has 0 aliphatic carbocycles. The van der Waals surface area contributed by atoms with Crippen LogP contribution < -0.4 is 20.9 Å². The van der Waals surface area contributed by atoms with Gasteiger partial charge in [0.05, 0.1) is 7.11 Å². The van der Waals surface area contributed by atoms with E-state index in [1.807, 2.05) is 50.2 Å². The molecule has 0 saturated carbocycles. The Morgan fingerprint density at radius 3 is 2.69 bits per heavy atom. The first-order valence-electron chi connectivity index (χ1n) is 9.38. The van der Waals surface area contributed by atoms with Crippen LogP contribution in [-0.2, 0) is 6.42 Å². The van der Waals surface area contributed by atoms with Crippen molar-refractivity contribution in [2.24, 2.45) is 4.99 Å². The molecule has 4 rings (SSSR count). The molecular weight excluding hydrogens is 368 g/mol. The smallest absolute Gasteiger partial charge is 0.260 e. The number of aliphatic imine (C=N–C) groups is 1. The minimum Gasteiger partial charge on any atom is -0.497 e. The van der Waals surface area contributed by atoms with Gasteiger partial charge < -0.3 is 10.1 Å². The molecule has 29 heavy (non-hydrogen) atoms. The number of aromatic nitrogens is 3. The normalized spacial score (nSPS) is 15.1. The van der Waals surface area contributed by atoms with Crippen LogP contribution in [-0.4, -0.2) is 27.6 Å². The summed E-state index contributed by atoms with van der Waals surface area (Å²) < 4.78 is 6.79. The SMILES string of the molecule is CCc1c(C)nc2n(c1=O)[C@H](c1cccnc1)N=C(Nc1ccc(OC)cc1)N2. The summed E-state index contributed by atoms with van der Waals surface area (Å²) in [7, 11) is 1.63. The molecule has 0 radical (unpaired) electrons. The van der Waals surface area contributed by atoms with Crippen LogP contribution in [0, 0.1) is 6.92 Å². The molecule has 8 nitrogen and oxygen atoms in total. The minimum absolute atomic E-state index is 0.0939. The lowest BCUT2D eigenvalue weighted by Gasteiger charge is -2.27. The molecule has 0 amide bonds. The Hall–Kier alpha value is -3.68. The standard InChI is InChI=1S/C21H22N6O2/c1-4-17-13(2)23-21-26-20(24-15-7-9-16(29-3)10-8-15)25-18(27(21)19(17)28)14-6-5-11-22-12-14/h5-12,18H,4H2,1-3H3,(H2,23,24,25,26)/t18-/m1/s1. The highest BCUT2D eigenvalue weighted by molar-refractivity contribution is 6.03. The average Bonchev–Trinajstić information content (AvgIpc) is 2.74. The fraction of sp³-hybridized carbons (Fsp3) is 0.238. The third kappa shape index (κ3) is 3.56. The van der Waals surface area contributed by atoms with Crippen molar-refractivity contribution in [2.45, 2.75) is 26.4 Å². The van der Waals surface area contributed by atoms with E-state index in [1.165, 1.54) is 0 Å². The van der Waals surface area contributed by atoms with Gasteiger partial charge in [-0.3, -0.25) is 19.7 Å². The van der Waals surface area contributed by atoms with E-state index >= 15 is 0 Å². The van der Waals surface area contributed by atoms with E-state index in [4.69, 9.17) is 9.73 Å². The number of methoxy groups -OCH3 is 1. The lowest BCUT2D eigenvalue weighted by molar-refractivity contribution is 0.415. The van der Waals surface area contributed by atoms with Crippen molar-refractivity contribution in [3.63, 3.8) is 0 Å². The second-order valence-electron chi connectivity index (χ2n) is 6.64. The van der Waals surface area contributed by atoms with Crippen molar-refractivity contribution in [3.05, 3.63) is 76.0 Å². The number of hydrogen-bond donors (Lipinski definition) is 2. The van der Waals surface area contributed by atoms with Crippen molar-refractivity contribution in [1.29, 1.82) is 0 Å². The third-order valence-electron chi connectivity index (χ3n) is 4.83. The number of anilines is 2. The molecule has 0 saturated heterocycles. The zero-order valence-electron chi connectivity index (χ0n) is 16.5. The second-order valence-corrected chi connectivity index (χ2v) is 6.64. The number of aryl methyl sites for hydroxylation is 1. The number of hydrogen-bond acceptors (Lipinski definition) is 7. The van der Waals surface area contributed by atoms with Crippen molar-refractivity contribution in [3.8, 4) is 5.75 Å². The fourth-order valence-corrected chi connectivity index (χ4v) is 3.34. The first kappa shape index (κ1) is 18.7. The summed E-state index contributed by atoms with van der Waals surface area (Å²) in [6.07, 6.45) is 3.45. The topological polar surface area (TPSA) is 93.4 Å². The quantitative estimate of drug-likeness (QED) is 0.711. The first-order chi connectivity index (χ1) is 14.1. The van der Waals surface area contributed by atoms with Gasteiger partial charge in [-0.05, 0) is 43.7 Å². The number of ether oxygens (including phenoxy) is 1. The molecule has 0 spiro atoms. The highest BCUT2D eigenvalue weighted by atomic mass is 16.5. The van der Waals surface area contributed by atoms with E-state index in [0.717, 1.165) is 17.0 Å². The van der Waals surface area contributed by atoms with Crippen molar-refractivity contribution in [1.82, 2.24) is 14.5 Å². The van der Waals surface area contributed by atoms with Crippen LogP contribution in [0.3, 0.4) is 0 Å². The lowest BCUT2D eigenvalue weighted by atomic mass is 10.1. The van der Waals surface area contributed by atoms with Gasteiger partial charge in [0.1, 0.15) is 5.75 Å². The van der Waals surface area contributed by atoms with Crippen LogP contribution in [0.2, 0.25) is 0 Å². The average molecular weight is 390 g/mol. The largest absolute Gasteiger partial charge is 0.497 e. The molecule has 1 aromatic carbocycles. The van der Waals surface area contributed by atoms with Crippen molar-refractivity contribution in [2.75, 3.05) is 17.7 Å². The van der Waals surface area contributed by atoms with Crippen LogP contribution >= 0.6 is 0 Å². The Morgan fingerprint density at radius 1 is 1.24 bits per heavy atom. The van der Waals surface area contributed by atoms with Crippen molar-refractivity contribution >= 4 is 17.6 Å². The van der Waals surface area contributed by atoms with E-state index < -0.39 is 6.17 Å². The van der Waals surface area contributed by atoms with Gasteiger partial charge >= 0.3 is 0 Å². The Balaban J connectivity index is 1.78. The zero-order chi connectivity index (χ0) is 20.4. The lowest BCUT2D eigenvalue weighted by Crippen LogP contribution is -2.39. The maximum absolute atomic E-state index is 13.1. The zero-order valence-corrected chi connectivity index (χ0v) is 16.5. The predicted octanol–water partition coefficient (Wildman–Crippen LogP) is 2.96. The van der Waals surface area contributed by atoms with Crippen LogP contribution in [0.1, 0.15) is 29.9 Å². The van der Waals surface area contributed by atoms with Crippen molar-refractivity contribution < 1.29 is 4.74 Å². The van der Waals surface area contributed by atoms with Gasteiger partial charge in [0, 0.05) is 34.9 Å². The molecule has 8 heteroatoms. The summed E-state index contributed by atoms with van der Waals surface area (Å²) in [5.41, 5.74) is 2.94. The van der Waals surface area contributed by atoms with E-state index in [2.05, 4.69) is 20.6 Å². The molecule has 1 atom stereocenters. The fourth-order valence-electron chi connectivity index (χ4n) is 3.34. The van der Waals surface area contributed by atoms with Crippen LogP contribution in [0.25, 0.3) is 0 Å². The summed E-state index contributed by atoms with van der Waals surface area (Å²) in [5, 5.41) is 6.39. The summed E-state index contributed by atoms with van der Waals surface area (Å²) in [6, 6.07) is 11.2. The number of nitrogens with one attached hydrogen (secondary N) is 2. The second kappa shape index (κ2) is 7.75. The predicted molar refractivity (Wildman–Crippen MR) is 113 cm³/mol. The maximum atomic E-state index is 13.1. The van der Waals surface area contributed by atoms with Crippen LogP contribution in [0.15, 0.2) is 58.6 Å². The highest BCUT2D eigenvalue weighted by Gasteiger charge is 2.27. The Kier molecular flexibility index (Phi) is 4.99. The number of nitrogens with zero attached hydrogens (tertiary/aromatic N) is 4. The number of fused-ring (bicyclic) bond motifs is 1. The summed E-state index contributed by atoms with van der Waals surface area (Å²) in [6.45, 7) is 3.80. The van der Waals surface area contributed by atoms with E-state index in [9.17, 15) is 4.79 Å². The summed E-state index contributed by atoms with van der Waals surface area (Å²) in [5.74, 6) is 1.72. The van der Waals surface area contributed by atoms with Gasteiger partial charge in [0.2, 0.25) is 11.9 Å². The van der Waals surface area contributed by atoms with Gasteiger partial charge in [0.15, 0.2) is 6.17 Å². The molecule has 0 bridgehead atoms. The highest BCUT2D eigenvalue weighted by Crippen LogP contribution is 2.26. The molecule has 3 aromatic rings. The molecule has 1 aliphatic rings. The van der Waals surface area contributed by atoms with Crippen LogP contribution in [0.4, 0.5) is 11.6 Å². The minimum atomic E-state index is -0.563. The number of benzene rings is 1. The maximum Gasteiger partial charge on any atom is 0.260 e. The van der Waals surface area contributed by atoms with Gasteiger partial charge in [-0.15, -0.1) is 0 Å². The number of guanidine groups is 1. The van der Waals surface area contributed by atoms with Gasteiger partial charge in [-0.2, -0.15) is 0 Å². The molecule has 3 heterocycles. The Labute approximate surface area is 168 Å². The number of pyridine rings is 1. The number of rotatable bonds is 4. The molecule has 0 fully saturated rings. The van der Waals surface area contributed by atoms with Crippen LogP contribution in [0.5, 0.6) is 5.75 Å². The molecule has 1 aliphatic heterocycles. The van der Waals surface area contributed by atoms with E-state index in [1.54, 1.807) is 24.1 Å². The molecule has 2 aromatic heterocycles. The third-order valence-corrected chi connectivity index (χ3v) is 4.83.